The van der Waals surface area contributed by atoms with Gasteiger partial charge in [0.1, 0.15) is 0 Å². The van der Waals surface area contributed by atoms with Crippen LogP contribution in [0.4, 0.5) is 9.59 Å². The topological polar surface area (TPSA) is 135 Å². The van der Waals surface area contributed by atoms with Gasteiger partial charge in [-0.1, -0.05) is 59.7 Å². The molecule has 0 bridgehead atoms. The van der Waals surface area contributed by atoms with Gasteiger partial charge in [0.15, 0.2) is 0 Å². The molecule has 0 unspecified atom stereocenters. The van der Waals surface area contributed by atoms with E-state index in [1.54, 1.807) is 27.7 Å². The largest absolute Gasteiger partial charge is 0.463 e. The summed E-state index contributed by atoms with van der Waals surface area (Å²) in [4.78, 5) is 47.5. The third-order valence-corrected chi connectivity index (χ3v) is 6.35. The normalized spacial score (nSPS) is 18.4. The van der Waals surface area contributed by atoms with E-state index in [4.69, 9.17) is 9.47 Å². The van der Waals surface area contributed by atoms with Crippen molar-refractivity contribution < 1.29 is 28.7 Å². The van der Waals surface area contributed by atoms with Crippen LogP contribution in [0.25, 0.3) is 0 Å². The van der Waals surface area contributed by atoms with Gasteiger partial charge in [-0.25, -0.2) is 19.2 Å². The molecule has 0 spiro atoms. The lowest BCUT2D eigenvalue weighted by Gasteiger charge is -2.28. The first-order valence-electron chi connectivity index (χ1n) is 13.1. The molecule has 2 atom stereocenters. The minimum atomic E-state index is -0.483. The summed E-state index contributed by atoms with van der Waals surface area (Å²) < 4.78 is 10.1. The fourth-order valence-corrected chi connectivity index (χ4v) is 4.36. The Morgan fingerprint density at radius 2 is 0.950 bits per heavy atom. The molecule has 0 saturated heterocycles. The predicted molar refractivity (Wildman–Crippen MR) is 150 cm³/mol. The van der Waals surface area contributed by atoms with Gasteiger partial charge < -0.3 is 30.7 Å². The number of nitrogens with one attached hydrogen (secondary N) is 4. The third kappa shape index (κ3) is 7.28. The van der Waals surface area contributed by atoms with Crippen LogP contribution in [0.2, 0.25) is 0 Å². The van der Waals surface area contributed by atoms with Gasteiger partial charge in [0.05, 0.1) is 36.4 Å². The maximum absolute atomic E-state index is 12.1. The molecule has 4 N–H and O–H groups in total. The molecule has 4 rings (SSSR count). The molecule has 0 saturated carbocycles. The van der Waals surface area contributed by atoms with Crippen LogP contribution in [0, 0.1) is 13.8 Å². The van der Waals surface area contributed by atoms with E-state index >= 15 is 0 Å². The van der Waals surface area contributed by atoms with E-state index in [2.05, 4.69) is 21.3 Å². The van der Waals surface area contributed by atoms with Crippen molar-refractivity contribution in [1.82, 2.24) is 21.3 Å². The molecule has 2 aromatic rings. The standard InChI is InChI=1S/2C15H18N2O3/c2*1-4-20-14(18)12-10(3)16-15(19)17-13(12)11-7-5-9(2)6-8-11/h2*5-8,13H,4H2,1-3H3,(H2,16,17,19)/t2*13-/m11/s1. The summed E-state index contributed by atoms with van der Waals surface area (Å²) in [7, 11) is 0. The second kappa shape index (κ2) is 13.5. The van der Waals surface area contributed by atoms with Crippen molar-refractivity contribution in [3.63, 3.8) is 0 Å². The van der Waals surface area contributed by atoms with Gasteiger partial charge in [-0.05, 0) is 52.7 Å². The Kier molecular flexibility index (Phi) is 10.1. The van der Waals surface area contributed by atoms with E-state index in [0.29, 0.717) is 35.8 Å². The van der Waals surface area contributed by atoms with E-state index in [0.717, 1.165) is 22.3 Å². The summed E-state index contributed by atoms with van der Waals surface area (Å²) in [5, 5.41) is 10.7. The number of esters is 2. The van der Waals surface area contributed by atoms with Gasteiger partial charge in [-0.3, -0.25) is 0 Å². The molecule has 40 heavy (non-hydrogen) atoms. The van der Waals surface area contributed by atoms with Gasteiger partial charge in [0, 0.05) is 11.4 Å². The third-order valence-electron chi connectivity index (χ3n) is 6.35. The Morgan fingerprint density at radius 3 is 1.25 bits per heavy atom. The minimum Gasteiger partial charge on any atom is -0.463 e. The number of amides is 4. The zero-order chi connectivity index (χ0) is 29.4. The van der Waals surface area contributed by atoms with Crippen molar-refractivity contribution in [2.75, 3.05) is 13.2 Å². The number of aryl methyl sites for hydroxylation is 2. The SMILES string of the molecule is CCOC(=O)C1=C(C)NC(=O)N[C@@H]1c1ccc(C)cc1.CCOC(=O)C1=C(C)NC(=O)N[C@@H]1c1ccc(C)cc1. The van der Waals surface area contributed by atoms with Crippen LogP contribution in [0.5, 0.6) is 0 Å². The number of urea groups is 2. The van der Waals surface area contributed by atoms with Crippen molar-refractivity contribution in [1.29, 1.82) is 0 Å². The molecule has 4 amide bonds. The zero-order valence-corrected chi connectivity index (χ0v) is 23.6. The van der Waals surface area contributed by atoms with Gasteiger partial charge in [-0.15, -0.1) is 0 Å². The van der Waals surface area contributed by atoms with Crippen LogP contribution >= 0.6 is 0 Å². The molecular weight excluding hydrogens is 512 g/mol. The van der Waals surface area contributed by atoms with E-state index in [1.807, 2.05) is 62.4 Å². The van der Waals surface area contributed by atoms with Crippen molar-refractivity contribution in [2.24, 2.45) is 0 Å². The van der Waals surface area contributed by atoms with Crippen LogP contribution < -0.4 is 21.3 Å². The van der Waals surface area contributed by atoms with Crippen LogP contribution in [-0.4, -0.2) is 37.2 Å². The number of hydrogen-bond acceptors (Lipinski definition) is 6. The Balaban J connectivity index is 0.000000220. The van der Waals surface area contributed by atoms with Crippen molar-refractivity contribution in [2.45, 2.75) is 53.6 Å². The molecule has 0 aliphatic carbocycles. The van der Waals surface area contributed by atoms with Gasteiger partial charge >= 0.3 is 24.0 Å². The second-order valence-corrected chi connectivity index (χ2v) is 9.40. The molecule has 2 aliphatic heterocycles. The van der Waals surface area contributed by atoms with Crippen LogP contribution in [0.1, 0.15) is 62.0 Å². The molecule has 0 aromatic heterocycles. The molecule has 2 aromatic carbocycles. The fraction of sp³-hybridized carbons (Fsp3) is 0.333. The van der Waals surface area contributed by atoms with Crippen LogP contribution in [0.15, 0.2) is 71.1 Å². The molecule has 2 heterocycles. The highest BCUT2D eigenvalue weighted by atomic mass is 16.5. The number of hydrogen-bond donors (Lipinski definition) is 4. The molecule has 212 valence electrons. The summed E-state index contributed by atoms with van der Waals surface area (Å²) in [6, 6.07) is 13.8. The summed E-state index contributed by atoms with van der Waals surface area (Å²) in [5.74, 6) is -0.828. The predicted octanol–water partition coefficient (Wildman–Crippen LogP) is 4.37. The van der Waals surface area contributed by atoms with Gasteiger partial charge in [0.25, 0.3) is 0 Å². The monoisotopic (exact) mass is 548 g/mol. The first-order valence-corrected chi connectivity index (χ1v) is 13.1. The molecular formula is C30H36N4O6. The minimum absolute atomic E-state index is 0.296. The number of benzene rings is 2. The first-order chi connectivity index (χ1) is 19.0. The second-order valence-electron chi connectivity index (χ2n) is 9.40. The zero-order valence-electron chi connectivity index (χ0n) is 23.6. The number of carbonyl (C=O) groups excluding carboxylic acids is 4. The highest BCUT2D eigenvalue weighted by molar-refractivity contribution is 5.95. The lowest BCUT2D eigenvalue weighted by atomic mass is 9.95. The van der Waals surface area contributed by atoms with Crippen molar-refractivity contribution in [3.05, 3.63) is 93.3 Å². The first kappa shape index (κ1) is 29.9. The van der Waals surface area contributed by atoms with Gasteiger partial charge in [0.2, 0.25) is 0 Å². The Hall–Kier alpha value is -4.60. The summed E-state index contributed by atoms with van der Waals surface area (Å²) in [5.41, 5.74) is 5.88. The van der Waals surface area contributed by atoms with Crippen molar-refractivity contribution in [3.8, 4) is 0 Å². The molecule has 10 heteroatoms. The van der Waals surface area contributed by atoms with Gasteiger partial charge in [-0.2, -0.15) is 0 Å². The lowest BCUT2D eigenvalue weighted by molar-refractivity contribution is -0.140. The molecule has 10 nitrogen and oxygen atoms in total. The summed E-state index contributed by atoms with van der Waals surface area (Å²) in [6.45, 7) is 11.5. The Bertz CT molecular complexity index is 1230. The Morgan fingerprint density at radius 1 is 0.625 bits per heavy atom. The highest BCUT2D eigenvalue weighted by Crippen LogP contribution is 2.29. The molecule has 2 aliphatic rings. The number of carbonyl (C=O) groups is 4. The highest BCUT2D eigenvalue weighted by Gasteiger charge is 2.33. The Labute approximate surface area is 234 Å². The maximum atomic E-state index is 12.1. The average Bonchev–Trinajstić information content (AvgIpc) is 2.89. The summed E-state index contributed by atoms with van der Waals surface area (Å²) in [6.07, 6.45) is 0. The number of allylic oxidation sites excluding steroid dienone is 2. The van der Waals surface area contributed by atoms with E-state index in [1.165, 1.54) is 0 Å². The molecule has 0 radical (unpaired) electrons. The number of ether oxygens (including phenoxy) is 2. The lowest BCUT2D eigenvalue weighted by Crippen LogP contribution is -2.45. The van der Waals surface area contributed by atoms with E-state index in [9.17, 15) is 19.2 Å². The maximum Gasteiger partial charge on any atom is 0.338 e. The van der Waals surface area contributed by atoms with Crippen molar-refractivity contribution >= 4 is 24.0 Å². The van der Waals surface area contributed by atoms with E-state index < -0.39 is 24.0 Å². The fourth-order valence-electron chi connectivity index (χ4n) is 4.36. The van der Waals surface area contributed by atoms with Crippen LogP contribution in [-0.2, 0) is 19.1 Å². The van der Waals surface area contributed by atoms with Crippen LogP contribution in [0.3, 0.4) is 0 Å². The number of rotatable bonds is 6. The molecule has 0 fully saturated rings. The quantitative estimate of drug-likeness (QED) is 0.396. The smallest absolute Gasteiger partial charge is 0.338 e. The summed E-state index contributed by atoms with van der Waals surface area (Å²) >= 11 is 0. The van der Waals surface area contributed by atoms with E-state index in [-0.39, 0.29) is 12.1 Å². The average molecular weight is 549 g/mol.